The van der Waals surface area contributed by atoms with Crippen molar-refractivity contribution in [2.24, 2.45) is 0 Å². The van der Waals surface area contributed by atoms with Crippen LogP contribution in [0.1, 0.15) is 17.3 Å². The number of methoxy groups -OCH3 is 1. The summed E-state index contributed by atoms with van der Waals surface area (Å²) in [6, 6.07) is 5.83. The third-order valence-electron chi connectivity index (χ3n) is 2.90. The van der Waals surface area contributed by atoms with Gasteiger partial charge in [0, 0.05) is 6.92 Å². The van der Waals surface area contributed by atoms with E-state index in [1.807, 2.05) is 25.1 Å². The summed E-state index contributed by atoms with van der Waals surface area (Å²) in [5.74, 6) is 2.27. The fraction of sp³-hybridized carbons (Fsp3) is 0.308. The summed E-state index contributed by atoms with van der Waals surface area (Å²) in [4.78, 5) is 0. The molecule has 0 aliphatic rings. The van der Waals surface area contributed by atoms with Crippen LogP contribution in [0.4, 0.5) is 0 Å². The number of aromatic nitrogens is 6. The van der Waals surface area contributed by atoms with Crippen molar-refractivity contribution in [1.82, 2.24) is 30.4 Å². The number of rotatable bonds is 5. The second kappa shape index (κ2) is 6.14. The van der Waals surface area contributed by atoms with Crippen LogP contribution in [-0.2, 0) is 5.75 Å². The maximum Gasteiger partial charge on any atom is 0.226 e. The van der Waals surface area contributed by atoms with Gasteiger partial charge in [0.2, 0.25) is 16.9 Å². The minimum Gasteiger partial charge on any atom is -0.494 e. The number of thioether (sulfide) groups is 1. The van der Waals surface area contributed by atoms with Gasteiger partial charge in [-0.05, 0) is 35.0 Å². The predicted octanol–water partition coefficient (Wildman–Crippen LogP) is 1.96. The van der Waals surface area contributed by atoms with Gasteiger partial charge in [-0.1, -0.05) is 17.8 Å². The molecule has 0 atom stereocenters. The highest BCUT2D eigenvalue weighted by Gasteiger charge is 2.15. The summed E-state index contributed by atoms with van der Waals surface area (Å²) in [7, 11) is 1.62. The third-order valence-corrected chi connectivity index (χ3v) is 3.80. The second-order valence-electron chi connectivity index (χ2n) is 4.55. The summed E-state index contributed by atoms with van der Waals surface area (Å²) >= 11 is 1.42. The molecule has 0 saturated carbocycles. The SMILES string of the molecule is COc1ccc(C)cc1-n1nnnc1SCc1nnc(C)o1. The summed E-state index contributed by atoms with van der Waals surface area (Å²) in [6.45, 7) is 3.75. The minimum atomic E-state index is 0.495. The molecule has 3 rings (SSSR count). The van der Waals surface area contributed by atoms with Crippen molar-refractivity contribution in [1.29, 1.82) is 0 Å². The topological polar surface area (TPSA) is 91.8 Å². The molecule has 0 aliphatic carbocycles. The fourth-order valence-electron chi connectivity index (χ4n) is 1.91. The second-order valence-corrected chi connectivity index (χ2v) is 5.49. The predicted molar refractivity (Wildman–Crippen MR) is 79.0 cm³/mol. The van der Waals surface area contributed by atoms with E-state index in [0.717, 1.165) is 11.3 Å². The average molecular weight is 318 g/mol. The van der Waals surface area contributed by atoms with Crippen LogP contribution in [0, 0.1) is 13.8 Å². The Balaban J connectivity index is 1.87. The van der Waals surface area contributed by atoms with Crippen molar-refractivity contribution in [3.63, 3.8) is 0 Å². The van der Waals surface area contributed by atoms with Crippen LogP contribution in [0.3, 0.4) is 0 Å². The lowest BCUT2D eigenvalue weighted by atomic mass is 10.2. The largest absolute Gasteiger partial charge is 0.494 e. The molecule has 0 fully saturated rings. The Kier molecular flexibility index (Phi) is 4.05. The average Bonchev–Trinajstić information content (AvgIpc) is 3.13. The molecule has 2 aromatic heterocycles. The molecule has 0 bridgehead atoms. The molecule has 0 radical (unpaired) electrons. The van der Waals surface area contributed by atoms with E-state index in [0.29, 0.717) is 28.4 Å². The highest BCUT2D eigenvalue weighted by molar-refractivity contribution is 7.98. The highest BCUT2D eigenvalue weighted by atomic mass is 32.2. The Morgan fingerprint density at radius 1 is 1.23 bits per heavy atom. The van der Waals surface area contributed by atoms with E-state index in [1.165, 1.54) is 11.8 Å². The van der Waals surface area contributed by atoms with Gasteiger partial charge in [-0.25, -0.2) is 0 Å². The van der Waals surface area contributed by atoms with Crippen LogP contribution in [0.5, 0.6) is 5.75 Å². The van der Waals surface area contributed by atoms with Gasteiger partial charge >= 0.3 is 0 Å². The molecule has 3 aromatic rings. The van der Waals surface area contributed by atoms with Crippen LogP contribution in [-0.4, -0.2) is 37.5 Å². The number of ether oxygens (including phenoxy) is 1. The van der Waals surface area contributed by atoms with E-state index in [1.54, 1.807) is 18.7 Å². The first-order chi connectivity index (χ1) is 10.7. The molecule has 2 heterocycles. The normalized spacial score (nSPS) is 10.9. The summed E-state index contributed by atoms with van der Waals surface area (Å²) in [5, 5.41) is 20.2. The number of nitrogens with zero attached hydrogens (tertiary/aromatic N) is 6. The Morgan fingerprint density at radius 3 is 2.82 bits per heavy atom. The van der Waals surface area contributed by atoms with Gasteiger partial charge in [0.05, 0.1) is 12.9 Å². The van der Waals surface area contributed by atoms with Crippen LogP contribution in [0.15, 0.2) is 27.8 Å². The van der Waals surface area contributed by atoms with Crippen LogP contribution in [0.25, 0.3) is 5.69 Å². The molecule has 9 heteroatoms. The van der Waals surface area contributed by atoms with E-state index < -0.39 is 0 Å². The molecule has 22 heavy (non-hydrogen) atoms. The number of tetrazole rings is 1. The van der Waals surface area contributed by atoms with Crippen molar-refractivity contribution in [2.45, 2.75) is 24.8 Å². The smallest absolute Gasteiger partial charge is 0.226 e. The van der Waals surface area contributed by atoms with E-state index >= 15 is 0 Å². The molecule has 0 spiro atoms. The van der Waals surface area contributed by atoms with E-state index in [9.17, 15) is 0 Å². The number of hydrogen-bond acceptors (Lipinski definition) is 8. The van der Waals surface area contributed by atoms with Gasteiger partial charge in [0.1, 0.15) is 11.4 Å². The van der Waals surface area contributed by atoms with E-state index in [-0.39, 0.29) is 0 Å². The molecule has 8 nitrogen and oxygen atoms in total. The Bertz CT molecular complexity index is 784. The van der Waals surface area contributed by atoms with Crippen molar-refractivity contribution < 1.29 is 9.15 Å². The molecular formula is C13H14N6O2S. The zero-order valence-electron chi connectivity index (χ0n) is 12.3. The Labute approximate surface area is 130 Å². The number of hydrogen-bond donors (Lipinski definition) is 0. The lowest BCUT2D eigenvalue weighted by Crippen LogP contribution is -2.02. The molecule has 0 unspecified atom stereocenters. The first kappa shape index (κ1) is 14.5. The first-order valence-corrected chi connectivity index (χ1v) is 7.51. The maximum atomic E-state index is 5.38. The molecule has 0 N–H and O–H groups in total. The number of aryl methyl sites for hydroxylation is 2. The quantitative estimate of drug-likeness (QED) is 0.659. The first-order valence-electron chi connectivity index (χ1n) is 6.52. The lowest BCUT2D eigenvalue weighted by molar-refractivity contribution is 0.410. The summed E-state index contributed by atoms with van der Waals surface area (Å²) < 4.78 is 12.4. The monoisotopic (exact) mass is 318 g/mol. The molecular weight excluding hydrogens is 304 g/mol. The van der Waals surface area contributed by atoms with Gasteiger partial charge in [0.25, 0.3) is 0 Å². The van der Waals surface area contributed by atoms with Gasteiger partial charge in [-0.15, -0.1) is 15.3 Å². The molecule has 0 aliphatic heterocycles. The molecule has 0 amide bonds. The van der Waals surface area contributed by atoms with Crippen molar-refractivity contribution >= 4 is 11.8 Å². The molecule has 1 aromatic carbocycles. The maximum absolute atomic E-state index is 5.38. The van der Waals surface area contributed by atoms with Crippen LogP contribution < -0.4 is 4.74 Å². The van der Waals surface area contributed by atoms with Crippen molar-refractivity contribution in [3.05, 3.63) is 35.5 Å². The standard InChI is InChI=1S/C13H14N6O2S/c1-8-4-5-11(20-3)10(6-8)19-13(16-17-18-19)22-7-12-15-14-9(2)21-12/h4-6H,7H2,1-3H3. The fourth-order valence-corrected chi connectivity index (χ4v) is 2.63. The molecule has 114 valence electrons. The van der Waals surface area contributed by atoms with Crippen molar-refractivity contribution in [3.8, 4) is 11.4 Å². The van der Waals surface area contributed by atoms with Gasteiger partial charge < -0.3 is 9.15 Å². The Morgan fingerprint density at radius 2 is 2.09 bits per heavy atom. The number of benzene rings is 1. The van der Waals surface area contributed by atoms with Crippen molar-refractivity contribution in [2.75, 3.05) is 7.11 Å². The van der Waals surface area contributed by atoms with Gasteiger partial charge in [-0.3, -0.25) is 0 Å². The summed E-state index contributed by atoms with van der Waals surface area (Å²) in [6.07, 6.45) is 0. The zero-order chi connectivity index (χ0) is 15.5. The van der Waals surface area contributed by atoms with Crippen LogP contribution >= 0.6 is 11.8 Å². The van der Waals surface area contributed by atoms with Gasteiger partial charge in [0.15, 0.2) is 0 Å². The summed E-state index contributed by atoms with van der Waals surface area (Å²) in [5.41, 5.74) is 1.88. The van der Waals surface area contributed by atoms with Crippen LogP contribution in [0.2, 0.25) is 0 Å². The third kappa shape index (κ3) is 2.93. The van der Waals surface area contributed by atoms with E-state index in [2.05, 4.69) is 25.7 Å². The van der Waals surface area contributed by atoms with Gasteiger partial charge in [-0.2, -0.15) is 4.68 Å². The molecule has 0 saturated heterocycles. The Hall–Kier alpha value is -2.42. The zero-order valence-corrected chi connectivity index (χ0v) is 13.2. The minimum absolute atomic E-state index is 0.495. The highest BCUT2D eigenvalue weighted by Crippen LogP contribution is 2.28. The lowest BCUT2D eigenvalue weighted by Gasteiger charge is -2.09. The van der Waals surface area contributed by atoms with E-state index in [4.69, 9.17) is 9.15 Å².